The van der Waals surface area contributed by atoms with E-state index in [0.717, 1.165) is 25.0 Å². The maximum atomic E-state index is 14.7. The topological polar surface area (TPSA) is 297 Å². The Balaban J connectivity index is 1.21. The minimum absolute atomic E-state index is 0.0503. The van der Waals surface area contributed by atoms with Crippen LogP contribution in [0.1, 0.15) is 74.9 Å². The van der Waals surface area contributed by atoms with E-state index >= 15 is 0 Å². The van der Waals surface area contributed by atoms with Crippen molar-refractivity contribution in [3.63, 3.8) is 0 Å². The van der Waals surface area contributed by atoms with Crippen molar-refractivity contribution in [1.82, 2.24) is 5.32 Å². The van der Waals surface area contributed by atoms with E-state index in [-0.39, 0.29) is 46.2 Å². The van der Waals surface area contributed by atoms with Crippen molar-refractivity contribution < 1.29 is 114 Å². The highest BCUT2D eigenvalue weighted by atomic mass is 35.6. The van der Waals surface area contributed by atoms with Gasteiger partial charge in [-0.1, -0.05) is 252 Å². The first-order valence-corrected chi connectivity index (χ1v) is 37.9. The summed E-state index contributed by atoms with van der Waals surface area (Å²) in [5, 5.41) is 11.8. The van der Waals surface area contributed by atoms with Crippen LogP contribution in [0.25, 0.3) is 0 Å². The van der Waals surface area contributed by atoms with Gasteiger partial charge in [0.1, 0.15) is 67.6 Å². The summed E-state index contributed by atoms with van der Waals surface area (Å²) >= 11 is 37.9. The van der Waals surface area contributed by atoms with Crippen LogP contribution in [0.3, 0.4) is 0 Å². The number of nitrogens with one attached hydrogen (secondary N) is 2. The van der Waals surface area contributed by atoms with Crippen LogP contribution in [-0.4, -0.2) is 186 Å². The SMILES string of the molecule is CC(=O)O[C@H]1[C@H](OCc2ccccc2)[C@H](O[C@H]2[C@H](O[C@H]3[C@H](O[C@@H]4O[C@@H](C)[C@@H](OC(C)=O)[C@@H](OC(C)=O)[C@@H]4OCc4ccccc4)[C@@H](NC(=O)OCC(Cl)(Cl)Cl)C(OC(=N)C(Cl)(Cl)Cl)O[C@@H]3COCc3ccccc3)O[C@H](COCc3ccccc3)[C@H](OCc3ccccc3)[C@@H]2OCc2ccccc2)O[C@@H](C)[C@H]1OC(C)=O. The molecule has 6 aromatic carbocycles. The fourth-order valence-electron chi connectivity index (χ4n) is 12.9. The van der Waals surface area contributed by atoms with Crippen LogP contribution < -0.4 is 5.32 Å². The average Bonchev–Trinajstić information content (AvgIpc) is 0.758. The van der Waals surface area contributed by atoms with E-state index in [4.69, 9.17) is 165 Å². The van der Waals surface area contributed by atoms with Crippen LogP contribution in [0.15, 0.2) is 182 Å². The van der Waals surface area contributed by atoms with E-state index in [1.54, 1.807) is 61.5 Å². The molecular formula is C79H88Cl6N2O24. The quantitative estimate of drug-likeness (QED) is 0.0127. The molecule has 32 heteroatoms. The first-order chi connectivity index (χ1) is 53.2. The molecule has 4 saturated heterocycles. The average molecular weight is 1660 g/mol. The second-order valence-corrected chi connectivity index (χ2v) is 31.3. The van der Waals surface area contributed by atoms with Crippen LogP contribution in [0, 0.1) is 5.41 Å². The molecule has 4 heterocycles. The molecule has 2 N–H and O–H groups in total. The number of halogens is 6. The van der Waals surface area contributed by atoms with Gasteiger partial charge in [-0.25, -0.2) is 4.79 Å². The second-order valence-electron chi connectivity index (χ2n) is 26.5. The summed E-state index contributed by atoms with van der Waals surface area (Å²) in [4.78, 5) is 68.0. The Morgan fingerprint density at radius 2 is 0.685 bits per heavy atom. The summed E-state index contributed by atoms with van der Waals surface area (Å²) in [7, 11) is 0. The normalized spacial score (nSPS) is 28.2. The summed E-state index contributed by atoms with van der Waals surface area (Å²) in [5.74, 6) is -4.17. The molecule has 0 bridgehead atoms. The van der Waals surface area contributed by atoms with Gasteiger partial charge in [0.15, 0.2) is 43.3 Å². The van der Waals surface area contributed by atoms with Crippen LogP contribution in [-0.2, 0) is 149 Å². The molecule has 6 aromatic rings. The Morgan fingerprint density at radius 3 is 1.05 bits per heavy atom. The Bertz CT molecular complexity index is 3890. The Labute approximate surface area is 672 Å². The van der Waals surface area contributed by atoms with Crippen LogP contribution >= 0.6 is 69.6 Å². The number of hydrogen-bond acceptors (Lipinski definition) is 25. The molecule has 20 atom stereocenters. The number of hydrogen-bond donors (Lipinski definition) is 2. The summed E-state index contributed by atoms with van der Waals surface area (Å²) in [6.07, 6.45) is -30.6. The molecule has 0 radical (unpaired) electrons. The third-order valence-corrected chi connectivity index (χ3v) is 18.7. The van der Waals surface area contributed by atoms with Gasteiger partial charge in [-0.05, 0) is 47.2 Å². The number of benzene rings is 6. The molecular weight excluding hydrogens is 1570 g/mol. The molecule has 0 spiro atoms. The van der Waals surface area contributed by atoms with Gasteiger partial charge in [-0.15, -0.1) is 0 Å². The van der Waals surface area contributed by atoms with Crippen molar-refractivity contribution >= 4 is 105 Å². The maximum Gasteiger partial charge on any atom is 0.407 e. The van der Waals surface area contributed by atoms with Crippen molar-refractivity contribution in [2.45, 2.75) is 212 Å². The van der Waals surface area contributed by atoms with E-state index in [9.17, 15) is 24.0 Å². The number of esters is 4. The predicted molar refractivity (Wildman–Crippen MR) is 403 cm³/mol. The van der Waals surface area contributed by atoms with E-state index in [2.05, 4.69) is 5.32 Å². The maximum absolute atomic E-state index is 14.7. The van der Waals surface area contributed by atoms with Crippen LogP contribution in [0.4, 0.5) is 4.79 Å². The van der Waals surface area contributed by atoms with E-state index in [1.165, 1.54) is 20.8 Å². The van der Waals surface area contributed by atoms with Crippen molar-refractivity contribution in [1.29, 1.82) is 5.41 Å². The summed E-state index contributed by atoms with van der Waals surface area (Å²) < 4.78 is 123. The van der Waals surface area contributed by atoms with Gasteiger partial charge < -0.3 is 95.3 Å². The zero-order valence-corrected chi connectivity index (χ0v) is 65.8. The number of amides is 1. The molecule has 4 aliphatic heterocycles. The largest absolute Gasteiger partial charge is 0.456 e. The first-order valence-electron chi connectivity index (χ1n) is 35.7. The Hall–Kier alpha value is -6.84. The molecule has 1 unspecified atom stereocenters. The van der Waals surface area contributed by atoms with Crippen LogP contribution in [0.2, 0.25) is 0 Å². The molecule has 26 nitrogen and oxygen atoms in total. The van der Waals surface area contributed by atoms with Gasteiger partial charge >= 0.3 is 30.0 Å². The highest BCUT2D eigenvalue weighted by Gasteiger charge is 2.60. The van der Waals surface area contributed by atoms with E-state index in [1.807, 2.05) is 127 Å². The summed E-state index contributed by atoms with van der Waals surface area (Å²) in [6.45, 7) is 5.63. The van der Waals surface area contributed by atoms with Crippen molar-refractivity contribution in [3.8, 4) is 0 Å². The third kappa shape index (κ3) is 26.1. The number of alkyl halides is 6. The smallest absolute Gasteiger partial charge is 0.407 e. The molecule has 0 aliphatic carbocycles. The minimum Gasteiger partial charge on any atom is -0.456 e. The highest BCUT2D eigenvalue weighted by Crippen LogP contribution is 2.42. The number of alkyl carbamates (subject to hydrolysis) is 1. The molecule has 600 valence electrons. The second kappa shape index (κ2) is 42.0. The lowest BCUT2D eigenvalue weighted by atomic mass is 9.93. The number of carbonyl (C=O) groups excluding carboxylic acids is 5. The van der Waals surface area contributed by atoms with Gasteiger partial charge in [0.2, 0.25) is 16.0 Å². The number of carbonyl (C=O) groups is 5. The van der Waals surface area contributed by atoms with Gasteiger partial charge in [0.05, 0.1) is 65.1 Å². The lowest BCUT2D eigenvalue weighted by molar-refractivity contribution is -0.399. The molecule has 4 fully saturated rings. The van der Waals surface area contributed by atoms with Gasteiger partial charge in [-0.2, -0.15) is 0 Å². The molecule has 1 amide bonds. The van der Waals surface area contributed by atoms with Crippen molar-refractivity contribution in [2.24, 2.45) is 0 Å². The minimum atomic E-state index is -2.62. The molecule has 0 saturated carbocycles. The summed E-state index contributed by atoms with van der Waals surface area (Å²) in [5.41, 5.74) is 4.19. The standard InChI is InChI=1S/C79H88Cl6N2O24/c1-46-61(102-48(3)88)67(104-50(5)90)69(97-41-56-33-21-11-22-34-56)73(100-46)109-65-60(87-77(92)99-45-78(80,81)82)72(111-76(86)79(83,84)85)106-59(44-94-38-53-27-15-8-16-28-53)64(65)108-75-71(110-74-70(98-42-57-35-23-12-24-36-57)68(105-51(6)91)62(47(2)101-74)103-49(4)89)66(96-40-55-31-19-10-20-32-55)63(95-39-54-29-17-9-18-30-54)58(107-75)43-93-37-52-25-13-7-14-26-52/h7-36,46-47,58-75,86H,37-45H2,1-6H3,(H,87,92)/t46-,47-,58+,59+,60+,61+,62+,63-,64+,65+,66-,67+,68+,69-,70-,71+,72?,73-,74-,75-/m0/s1. The molecule has 4 aliphatic rings. The van der Waals surface area contributed by atoms with Crippen LogP contribution in [0.5, 0.6) is 0 Å². The van der Waals surface area contributed by atoms with Gasteiger partial charge in [-0.3, -0.25) is 24.6 Å². The fraction of sp³-hybridized carbons (Fsp3) is 0.468. The highest BCUT2D eigenvalue weighted by molar-refractivity contribution is 6.76. The molecule has 0 aromatic heterocycles. The van der Waals surface area contributed by atoms with Gasteiger partial charge in [0, 0.05) is 27.7 Å². The molecule has 111 heavy (non-hydrogen) atoms. The van der Waals surface area contributed by atoms with Crippen molar-refractivity contribution in [3.05, 3.63) is 215 Å². The van der Waals surface area contributed by atoms with E-state index < -0.39 is 179 Å². The van der Waals surface area contributed by atoms with Crippen molar-refractivity contribution in [2.75, 3.05) is 19.8 Å². The number of rotatable bonds is 33. The number of ether oxygens (including phenoxy) is 19. The summed E-state index contributed by atoms with van der Waals surface area (Å²) in [6, 6.07) is 52.9. The lowest BCUT2D eigenvalue weighted by Gasteiger charge is -2.52. The first kappa shape index (κ1) is 86.6. The monoisotopic (exact) mass is 1660 g/mol. The zero-order valence-electron chi connectivity index (χ0n) is 61.3. The lowest BCUT2D eigenvalue weighted by Crippen LogP contribution is -2.71. The predicted octanol–water partition coefficient (Wildman–Crippen LogP) is 12.4. The van der Waals surface area contributed by atoms with E-state index in [0.29, 0.717) is 22.3 Å². The van der Waals surface area contributed by atoms with Gasteiger partial charge in [0.25, 0.3) is 3.79 Å². The zero-order chi connectivity index (χ0) is 79.2. The fourth-order valence-corrected chi connectivity index (χ4v) is 13.2. The Morgan fingerprint density at radius 1 is 0.369 bits per heavy atom. The Kier molecular flexibility index (Phi) is 32.7. The molecule has 10 rings (SSSR count). The third-order valence-electron chi connectivity index (χ3n) is 17.8.